The zero-order valence-electron chi connectivity index (χ0n) is 7.78. The number of aromatic nitrogens is 2. The van der Waals surface area contributed by atoms with Crippen LogP contribution < -0.4 is 10.6 Å². The maximum atomic E-state index is 11.4. The van der Waals surface area contributed by atoms with Gasteiger partial charge in [0.25, 0.3) is 0 Å². The first-order chi connectivity index (χ1) is 6.59. The number of carboxylic acids is 1. The van der Waals surface area contributed by atoms with E-state index in [0.717, 1.165) is 18.7 Å². The van der Waals surface area contributed by atoms with Gasteiger partial charge in [0.05, 0.1) is 5.69 Å². The third-order valence-corrected chi connectivity index (χ3v) is 2.38. The molecule has 76 valence electrons. The molecule has 0 atom stereocenters. The Hall–Kier alpha value is -1.72. The highest BCUT2D eigenvalue weighted by atomic mass is 16.4. The highest BCUT2D eigenvalue weighted by Gasteiger charge is 2.24. The monoisotopic (exact) mass is 197 g/mol. The van der Waals surface area contributed by atoms with Crippen LogP contribution in [0, 0.1) is 0 Å². The largest absolute Gasteiger partial charge is 0.480 e. The number of nitrogens with one attached hydrogen (secondary N) is 1. The van der Waals surface area contributed by atoms with Gasteiger partial charge in [-0.1, -0.05) is 0 Å². The van der Waals surface area contributed by atoms with Crippen LogP contribution in [0.2, 0.25) is 0 Å². The summed E-state index contributed by atoms with van der Waals surface area (Å²) in [5, 5.41) is 8.64. The Labute approximate surface area is 79.8 Å². The van der Waals surface area contributed by atoms with E-state index in [0.29, 0.717) is 5.82 Å². The molecule has 1 aromatic rings. The lowest BCUT2D eigenvalue weighted by Gasteiger charge is -2.12. The van der Waals surface area contributed by atoms with Crippen LogP contribution in [0.4, 0.5) is 5.82 Å². The van der Waals surface area contributed by atoms with E-state index in [1.54, 1.807) is 0 Å². The number of nitrogens with zero attached hydrogens (tertiary/aromatic N) is 2. The number of aliphatic carboxylic acids is 1. The molecule has 0 aromatic carbocycles. The lowest BCUT2D eigenvalue weighted by molar-refractivity contribution is -0.137. The minimum atomic E-state index is -1.01. The van der Waals surface area contributed by atoms with Crippen LogP contribution in [-0.2, 0) is 17.8 Å². The number of H-pyrrole nitrogens is 1. The zero-order valence-corrected chi connectivity index (χ0v) is 7.78. The maximum Gasteiger partial charge on any atom is 0.327 e. The fourth-order valence-electron chi connectivity index (χ4n) is 1.79. The number of likely N-dealkylation sites (N-methyl/N-ethyl adjacent to an activating group) is 1. The van der Waals surface area contributed by atoms with E-state index in [1.165, 1.54) is 4.57 Å². The van der Waals surface area contributed by atoms with Crippen molar-refractivity contribution in [2.45, 2.75) is 13.0 Å². The topological polar surface area (TPSA) is 78.3 Å². The summed E-state index contributed by atoms with van der Waals surface area (Å²) >= 11 is 0. The average Bonchev–Trinajstić information content (AvgIpc) is 2.56. The molecule has 2 N–H and O–H groups in total. The summed E-state index contributed by atoms with van der Waals surface area (Å²) in [7, 11) is 1.84. The number of carbonyl (C=O) groups is 1. The number of anilines is 1. The fraction of sp³-hybridized carbons (Fsp3) is 0.500. The van der Waals surface area contributed by atoms with E-state index in [1.807, 2.05) is 11.9 Å². The summed E-state index contributed by atoms with van der Waals surface area (Å²) in [6, 6.07) is 0. The van der Waals surface area contributed by atoms with E-state index in [-0.39, 0.29) is 12.2 Å². The predicted molar refractivity (Wildman–Crippen MR) is 49.7 cm³/mol. The number of aromatic amines is 1. The molecule has 0 saturated carbocycles. The van der Waals surface area contributed by atoms with Crippen LogP contribution in [0.3, 0.4) is 0 Å². The number of fused-ring (bicyclic) bond motifs is 1. The van der Waals surface area contributed by atoms with Gasteiger partial charge in [-0.3, -0.25) is 9.36 Å². The normalized spacial score (nSPS) is 14.5. The van der Waals surface area contributed by atoms with Crippen LogP contribution in [-0.4, -0.2) is 34.2 Å². The van der Waals surface area contributed by atoms with Gasteiger partial charge in [0, 0.05) is 20.0 Å². The highest BCUT2D eigenvalue weighted by molar-refractivity contribution is 5.68. The predicted octanol–water partition coefficient (Wildman–Crippen LogP) is -0.747. The van der Waals surface area contributed by atoms with Crippen LogP contribution >= 0.6 is 0 Å². The van der Waals surface area contributed by atoms with Gasteiger partial charge in [-0.15, -0.1) is 0 Å². The number of carboxylic acid groups (broad SMARTS) is 1. The van der Waals surface area contributed by atoms with Crippen LogP contribution in [0.25, 0.3) is 0 Å². The smallest absolute Gasteiger partial charge is 0.327 e. The van der Waals surface area contributed by atoms with Crippen molar-refractivity contribution >= 4 is 11.8 Å². The SMILES string of the molecule is CN1CCc2[nH]c(=O)n(CC(=O)O)c21. The molecule has 1 aliphatic heterocycles. The molecular weight excluding hydrogens is 186 g/mol. The van der Waals surface area contributed by atoms with Crippen molar-refractivity contribution in [1.82, 2.24) is 9.55 Å². The van der Waals surface area contributed by atoms with E-state index < -0.39 is 5.97 Å². The lowest BCUT2D eigenvalue weighted by Crippen LogP contribution is -2.27. The van der Waals surface area contributed by atoms with E-state index in [9.17, 15) is 9.59 Å². The molecule has 0 radical (unpaired) electrons. The Bertz CT molecular complexity index is 432. The Morgan fingerprint density at radius 3 is 3.00 bits per heavy atom. The highest BCUT2D eigenvalue weighted by Crippen LogP contribution is 2.22. The van der Waals surface area contributed by atoms with E-state index >= 15 is 0 Å². The summed E-state index contributed by atoms with van der Waals surface area (Å²) in [5.74, 6) is -0.299. The molecule has 6 heteroatoms. The van der Waals surface area contributed by atoms with Gasteiger partial charge < -0.3 is 15.0 Å². The zero-order chi connectivity index (χ0) is 10.3. The molecule has 2 heterocycles. The van der Waals surface area contributed by atoms with Gasteiger partial charge in [-0.05, 0) is 0 Å². The molecule has 0 saturated heterocycles. The van der Waals surface area contributed by atoms with Crippen molar-refractivity contribution in [3.63, 3.8) is 0 Å². The third kappa shape index (κ3) is 1.19. The second kappa shape index (κ2) is 2.90. The second-order valence-electron chi connectivity index (χ2n) is 3.38. The summed E-state index contributed by atoms with van der Waals surface area (Å²) < 4.78 is 1.25. The lowest BCUT2D eigenvalue weighted by atomic mass is 10.4. The number of hydrogen-bond acceptors (Lipinski definition) is 3. The fourth-order valence-corrected chi connectivity index (χ4v) is 1.79. The molecule has 0 amide bonds. The molecule has 1 aliphatic rings. The first-order valence-electron chi connectivity index (χ1n) is 4.34. The van der Waals surface area contributed by atoms with Crippen molar-refractivity contribution in [2.24, 2.45) is 0 Å². The minimum Gasteiger partial charge on any atom is -0.480 e. The second-order valence-corrected chi connectivity index (χ2v) is 3.38. The molecule has 0 unspecified atom stereocenters. The van der Waals surface area contributed by atoms with Crippen molar-refractivity contribution in [2.75, 3.05) is 18.5 Å². The van der Waals surface area contributed by atoms with Crippen molar-refractivity contribution in [3.8, 4) is 0 Å². The van der Waals surface area contributed by atoms with Crippen molar-refractivity contribution in [3.05, 3.63) is 16.2 Å². The first kappa shape index (κ1) is 8.86. The number of imidazole rings is 1. The van der Waals surface area contributed by atoms with Crippen LogP contribution in [0.1, 0.15) is 5.69 Å². The van der Waals surface area contributed by atoms with Gasteiger partial charge in [0.1, 0.15) is 12.4 Å². The summed E-state index contributed by atoms with van der Waals surface area (Å²) in [5.41, 5.74) is 0.489. The van der Waals surface area contributed by atoms with Crippen molar-refractivity contribution < 1.29 is 9.90 Å². The summed E-state index contributed by atoms with van der Waals surface area (Å²) in [6.45, 7) is 0.538. The average molecular weight is 197 g/mol. The Kier molecular flexibility index (Phi) is 1.83. The maximum absolute atomic E-state index is 11.4. The van der Waals surface area contributed by atoms with Crippen LogP contribution in [0.15, 0.2) is 4.79 Å². The quantitative estimate of drug-likeness (QED) is 0.654. The molecule has 14 heavy (non-hydrogen) atoms. The van der Waals surface area contributed by atoms with Crippen molar-refractivity contribution in [1.29, 1.82) is 0 Å². The Morgan fingerprint density at radius 2 is 2.36 bits per heavy atom. The first-order valence-corrected chi connectivity index (χ1v) is 4.34. The van der Waals surface area contributed by atoms with Gasteiger partial charge in [-0.2, -0.15) is 0 Å². The molecule has 0 bridgehead atoms. The molecule has 0 aliphatic carbocycles. The molecule has 1 aromatic heterocycles. The molecule has 2 rings (SSSR count). The van der Waals surface area contributed by atoms with E-state index in [2.05, 4.69) is 4.98 Å². The van der Waals surface area contributed by atoms with Gasteiger partial charge in [0.2, 0.25) is 0 Å². The summed E-state index contributed by atoms with van der Waals surface area (Å²) in [4.78, 5) is 26.4. The standard InChI is InChI=1S/C8H11N3O3/c1-10-3-2-5-7(10)11(4-6(12)13)8(14)9-5/h2-4H2,1H3,(H,9,14)(H,12,13). The van der Waals surface area contributed by atoms with Crippen LogP contribution in [0.5, 0.6) is 0 Å². The third-order valence-electron chi connectivity index (χ3n) is 2.38. The molecule has 0 fully saturated rings. The van der Waals surface area contributed by atoms with Gasteiger partial charge in [-0.25, -0.2) is 4.79 Å². The summed E-state index contributed by atoms with van der Waals surface area (Å²) in [6.07, 6.45) is 0.772. The molecule has 0 spiro atoms. The van der Waals surface area contributed by atoms with E-state index in [4.69, 9.17) is 5.11 Å². The molecular formula is C8H11N3O3. The molecule has 6 nitrogen and oxygen atoms in total. The van der Waals surface area contributed by atoms with Gasteiger partial charge in [0.15, 0.2) is 0 Å². The minimum absolute atomic E-state index is 0.283. The number of hydrogen-bond donors (Lipinski definition) is 2. The van der Waals surface area contributed by atoms with Gasteiger partial charge >= 0.3 is 11.7 Å². The Morgan fingerprint density at radius 1 is 1.64 bits per heavy atom. The Balaban J connectivity index is 2.48. The number of rotatable bonds is 2.